The van der Waals surface area contributed by atoms with Gasteiger partial charge in [0.25, 0.3) is 0 Å². The van der Waals surface area contributed by atoms with E-state index in [1.54, 1.807) is 26.2 Å². The molecule has 2 amide bonds. The molecule has 57 heavy (non-hydrogen) atoms. The van der Waals surface area contributed by atoms with Crippen molar-refractivity contribution in [2.75, 3.05) is 55.1 Å². The molecule has 1 fully saturated rings. The summed E-state index contributed by atoms with van der Waals surface area (Å²) >= 11 is 0. The number of esters is 1. The van der Waals surface area contributed by atoms with Crippen LogP contribution in [0.15, 0.2) is 30.3 Å². The van der Waals surface area contributed by atoms with Crippen LogP contribution in [0.1, 0.15) is 99.0 Å². The van der Waals surface area contributed by atoms with E-state index in [9.17, 15) is 24.0 Å². The second-order valence-electron chi connectivity index (χ2n) is 17.1. The molecule has 0 aliphatic carbocycles. The number of carbonyl (C=O) groups excluding carboxylic acids is 5. The van der Waals surface area contributed by atoms with E-state index in [0.717, 1.165) is 18.4 Å². The Bertz CT molecular complexity index is 1400. The number of amides is 2. The zero-order chi connectivity index (χ0) is 43.0. The molecule has 0 unspecified atom stereocenters. The summed E-state index contributed by atoms with van der Waals surface area (Å²) in [6.07, 6.45) is 2.02. The lowest BCUT2D eigenvalue weighted by atomic mass is 9.83. The van der Waals surface area contributed by atoms with Crippen LogP contribution in [0, 0.1) is 35.5 Å². The molecule has 1 aromatic rings. The van der Waals surface area contributed by atoms with Crippen LogP contribution >= 0.6 is 0 Å². The first-order valence-corrected chi connectivity index (χ1v) is 21.2. The third-order valence-corrected chi connectivity index (χ3v) is 12.1. The number of Topliss-reactive ketones (excluding diaryl/α,β-unsaturated/α-hetero) is 2. The third-order valence-electron chi connectivity index (χ3n) is 12.1. The maximum Gasteiger partial charge on any atom is 0.309 e. The molecule has 0 saturated carbocycles. The minimum atomic E-state index is -0.670. The topological polar surface area (TPSA) is 149 Å². The Morgan fingerprint density at radius 1 is 0.877 bits per heavy atom. The zero-order valence-corrected chi connectivity index (χ0v) is 37.2. The van der Waals surface area contributed by atoms with Crippen molar-refractivity contribution in [1.29, 1.82) is 0 Å². The zero-order valence-electron chi connectivity index (χ0n) is 37.2. The Kier molecular flexibility index (Phi) is 21.6. The Morgan fingerprint density at radius 2 is 1.53 bits per heavy atom. The van der Waals surface area contributed by atoms with Crippen molar-refractivity contribution in [2.45, 2.75) is 130 Å². The third kappa shape index (κ3) is 14.3. The molecule has 1 aliphatic heterocycles. The maximum atomic E-state index is 14.3. The predicted octanol–water partition coefficient (Wildman–Crippen LogP) is 5.43. The van der Waals surface area contributed by atoms with Crippen LogP contribution in [-0.2, 0) is 44.6 Å². The fourth-order valence-electron chi connectivity index (χ4n) is 8.74. The molecule has 12 heteroatoms. The van der Waals surface area contributed by atoms with Crippen LogP contribution in [0.3, 0.4) is 0 Å². The number of rotatable bonds is 26. The molecule has 1 aromatic carbocycles. The number of methoxy groups -OCH3 is 2. The van der Waals surface area contributed by atoms with Gasteiger partial charge < -0.3 is 29.7 Å². The Morgan fingerprint density at radius 3 is 2.05 bits per heavy atom. The van der Waals surface area contributed by atoms with Gasteiger partial charge in [-0.25, -0.2) is 0 Å². The highest BCUT2D eigenvalue weighted by Crippen LogP contribution is 2.32. The second kappa shape index (κ2) is 24.7. The molecular weight excluding hydrogens is 725 g/mol. The van der Waals surface area contributed by atoms with Gasteiger partial charge in [-0.2, -0.15) is 0 Å². The monoisotopic (exact) mass is 801 g/mol. The first-order valence-electron chi connectivity index (χ1n) is 21.2. The minimum Gasteiger partial charge on any atom is -0.465 e. The van der Waals surface area contributed by atoms with Crippen molar-refractivity contribution in [2.24, 2.45) is 41.2 Å². The van der Waals surface area contributed by atoms with Gasteiger partial charge >= 0.3 is 5.97 Å². The van der Waals surface area contributed by atoms with Crippen molar-refractivity contribution in [3.8, 4) is 0 Å². The predicted molar refractivity (Wildman–Crippen MR) is 224 cm³/mol. The second-order valence-corrected chi connectivity index (χ2v) is 17.1. The van der Waals surface area contributed by atoms with E-state index in [1.807, 2.05) is 88.8 Å². The van der Waals surface area contributed by atoms with E-state index in [2.05, 4.69) is 13.8 Å². The SMILES string of the molecule is CC[C@H](C)[C@@H]([C@@H](CC(=O)N1CCC[C@H]1[C@H](OC)[C@@H](C)C(=O)C[C@@H](Cc1ccccc1)C(=O)OCCCN)OC)N(C)C(=O)[C@@H](CC(=O)[C@H](C(C)C)N(C)C)C(C)C. The number of hydrogen-bond acceptors (Lipinski definition) is 10. The van der Waals surface area contributed by atoms with Gasteiger partial charge in [-0.15, -0.1) is 0 Å². The van der Waals surface area contributed by atoms with E-state index < -0.39 is 42.0 Å². The lowest BCUT2D eigenvalue weighted by Crippen LogP contribution is -2.54. The normalized spacial score (nSPS) is 18.8. The molecule has 2 rings (SSSR count). The molecule has 1 saturated heterocycles. The first-order chi connectivity index (χ1) is 26.9. The number of hydrogen-bond donors (Lipinski definition) is 1. The van der Waals surface area contributed by atoms with Gasteiger partial charge in [0.2, 0.25) is 11.8 Å². The molecule has 0 bridgehead atoms. The maximum absolute atomic E-state index is 14.3. The van der Waals surface area contributed by atoms with Crippen LogP contribution in [0.25, 0.3) is 0 Å². The van der Waals surface area contributed by atoms with Crippen molar-refractivity contribution < 1.29 is 38.2 Å². The van der Waals surface area contributed by atoms with Crippen molar-refractivity contribution in [3.05, 3.63) is 35.9 Å². The summed E-state index contributed by atoms with van der Waals surface area (Å²) in [6.45, 7) is 15.0. The highest BCUT2D eigenvalue weighted by atomic mass is 16.5. The summed E-state index contributed by atoms with van der Waals surface area (Å²) in [5.74, 6) is -2.54. The number of ketones is 2. The average Bonchev–Trinajstić information content (AvgIpc) is 3.65. The Balaban J connectivity index is 2.29. The van der Waals surface area contributed by atoms with Gasteiger partial charge in [-0.3, -0.25) is 28.9 Å². The van der Waals surface area contributed by atoms with Crippen LogP contribution in [0.4, 0.5) is 0 Å². The van der Waals surface area contributed by atoms with Gasteiger partial charge in [0.05, 0.1) is 49.3 Å². The largest absolute Gasteiger partial charge is 0.465 e. The number of benzene rings is 1. The Labute approximate surface area is 343 Å². The van der Waals surface area contributed by atoms with Gasteiger partial charge in [0.15, 0.2) is 5.78 Å². The van der Waals surface area contributed by atoms with Crippen LogP contribution in [0.5, 0.6) is 0 Å². The summed E-state index contributed by atoms with van der Waals surface area (Å²) in [4.78, 5) is 74.8. The summed E-state index contributed by atoms with van der Waals surface area (Å²) in [7, 11) is 8.70. The van der Waals surface area contributed by atoms with Gasteiger partial charge in [0, 0.05) is 52.5 Å². The summed E-state index contributed by atoms with van der Waals surface area (Å²) < 4.78 is 17.6. The van der Waals surface area contributed by atoms with Crippen molar-refractivity contribution in [1.82, 2.24) is 14.7 Å². The molecule has 0 aromatic heterocycles. The van der Waals surface area contributed by atoms with E-state index in [4.69, 9.17) is 19.9 Å². The average molecular weight is 801 g/mol. The lowest BCUT2D eigenvalue weighted by molar-refractivity contribution is -0.151. The van der Waals surface area contributed by atoms with Crippen LogP contribution in [0.2, 0.25) is 0 Å². The van der Waals surface area contributed by atoms with Gasteiger partial charge in [0.1, 0.15) is 5.78 Å². The van der Waals surface area contributed by atoms with Crippen molar-refractivity contribution >= 4 is 29.4 Å². The molecule has 0 radical (unpaired) electrons. The lowest BCUT2D eigenvalue weighted by Gasteiger charge is -2.41. The highest BCUT2D eigenvalue weighted by molar-refractivity contribution is 5.90. The molecule has 1 aliphatic rings. The number of ether oxygens (including phenoxy) is 3. The minimum absolute atomic E-state index is 0.00466. The summed E-state index contributed by atoms with van der Waals surface area (Å²) in [6, 6.07) is 8.50. The van der Waals surface area contributed by atoms with E-state index in [-0.39, 0.29) is 79.1 Å². The Hall–Kier alpha value is -3.19. The fourth-order valence-corrected chi connectivity index (χ4v) is 8.74. The van der Waals surface area contributed by atoms with Crippen LogP contribution < -0.4 is 5.73 Å². The molecule has 1 heterocycles. The van der Waals surface area contributed by atoms with E-state index in [0.29, 0.717) is 32.4 Å². The summed E-state index contributed by atoms with van der Waals surface area (Å²) in [5, 5.41) is 0. The quantitative estimate of drug-likeness (QED) is 0.0950. The number of carbonyl (C=O) groups is 5. The number of nitrogens with zero attached hydrogens (tertiary/aromatic N) is 3. The highest BCUT2D eigenvalue weighted by Gasteiger charge is 2.43. The molecule has 0 spiro atoms. The van der Waals surface area contributed by atoms with Crippen LogP contribution in [-0.4, -0.2) is 129 Å². The van der Waals surface area contributed by atoms with E-state index in [1.165, 1.54) is 0 Å². The number of likely N-dealkylation sites (tertiary alicyclic amines) is 1. The van der Waals surface area contributed by atoms with Gasteiger partial charge in [-0.1, -0.05) is 85.2 Å². The fraction of sp³-hybridized carbons (Fsp3) is 0.756. The van der Waals surface area contributed by atoms with E-state index >= 15 is 0 Å². The molecule has 12 nitrogen and oxygen atoms in total. The first kappa shape index (κ1) is 50.0. The van der Waals surface area contributed by atoms with Gasteiger partial charge in [-0.05, 0) is 69.6 Å². The molecular formula is C45H76N4O8. The molecule has 2 N–H and O–H groups in total. The number of likely N-dealkylation sites (N-methyl/N-ethyl adjacent to an activating group) is 2. The molecule has 9 atom stereocenters. The van der Waals surface area contributed by atoms with Crippen molar-refractivity contribution in [3.63, 3.8) is 0 Å². The molecule has 324 valence electrons. The smallest absolute Gasteiger partial charge is 0.309 e. The summed E-state index contributed by atoms with van der Waals surface area (Å²) in [5.41, 5.74) is 6.54. The number of nitrogens with two attached hydrogens (primary N) is 1. The standard InChI is InChI=1S/C45H76N4O8/c1-13-31(6)42(48(10)44(53)35(29(2)3)27-38(51)41(30(4)5)47(8)9)39(55-11)28-40(52)49-23-17-21-36(49)43(56-12)32(7)37(50)26-34(45(54)57-24-18-22-46)25-33-19-15-14-16-20-33/h14-16,19-20,29-32,34-36,39,41-43H,13,17-18,21-28,46H2,1-12H3/t31-,32-,34+,35-,36-,39+,41-,42-,43+/m0/s1.